The number of hydrazone groups is 1. The molecule has 0 atom stereocenters. The summed E-state index contributed by atoms with van der Waals surface area (Å²) >= 11 is 0. The third-order valence-electron chi connectivity index (χ3n) is 4.61. The molecule has 4 aromatic rings. The largest absolute Gasteiger partial charge is 0.264 e. The van der Waals surface area contributed by atoms with Gasteiger partial charge in [-0.2, -0.15) is 5.10 Å². The van der Waals surface area contributed by atoms with Crippen LogP contribution in [0.1, 0.15) is 16.7 Å². The molecule has 128 valence electrons. The zero-order chi connectivity index (χ0) is 18.1. The smallest absolute Gasteiger partial charge is 0.154 e. The second-order valence-corrected chi connectivity index (χ2v) is 6.36. The highest BCUT2D eigenvalue weighted by Crippen LogP contribution is 2.30. The molecular formula is C23H16N4. The van der Waals surface area contributed by atoms with Crippen LogP contribution in [-0.4, -0.2) is 16.5 Å². The van der Waals surface area contributed by atoms with Crippen LogP contribution < -0.4 is 5.43 Å². The van der Waals surface area contributed by atoms with Gasteiger partial charge in [-0.15, -0.1) is 0 Å². The SMILES string of the molecule is c1ccc(C2=Nc3cc4ccccc4cc3C(c3cccnc3)=NN2)cc1. The zero-order valence-electron chi connectivity index (χ0n) is 14.5. The Morgan fingerprint density at radius 2 is 1.44 bits per heavy atom. The van der Waals surface area contributed by atoms with Crippen LogP contribution in [0.25, 0.3) is 10.8 Å². The van der Waals surface area contributed by atoms with Crippen molar-refractivity contribution in [2.45, 2.75) is 0 Å². The van der Waals surface area contributed by atoms with Gasteiger partial charge >= 0.3 is 0 Å². The molecule has 0 fully saturated rings. The second-order valence-electron chi connectivity index (χ2n) is 6.36. The van der Waals surface area contributed by atoms with Crippen molar-refractivity contribution in [3.05, 3.63) is 108 Å². The lowest BCUT2D eigenvalue weighted by atomic mass is 9.98. The molecule has 0 radical (unpaired) electrons. The van der Waals surface area contributed by atoms with Crippen molar-refractivity contribution in [1.82, 2.24) is 10.4 Å². The number of aliphatic imine (C=N–C) groups is 1. The minimum atomic E-state index is 0.728. The van der Waals surface area contributed by atoms with E-state index in [-0.39, 0.29) is 0 Å². The molecule has 0 spiro atoms. The highest BCUT2D eigenvalue weighted by atomic mass is 15.3. The number of rotatable bonds is 2. The van der Waals surface area contributed by atoms with Gasteiger partial charge in [-0.05, 0) is 35.0 Å². The Balaban J connectivity index is 1.76. The summed E-state index contributed by atoms with van der Waals surface area (Å²) in [5, 5.41) is 7.01. The van der Waals surface area contributed by atoms with Gasteiger partial charge in [0.15, 0.2) is 5.84 Å². The molecule has 1 aromatic heterocycles. The maximum absolute atomic E-state index is 4.91. The van der Waals surface area contributed by atoms with Crippen LogP contribution in [0.4, 0.5) is 5.69 Å². The second kappa shape index (κ2) is 6.50. The molecule has 0 aliphatic carbocycles. The molecule has 4 nitrogen and oxygen atoms in total. The molecular weight excluding hydrogens is 332 g/mol. The monoisotopic (exact) mass is 348 g/mol. The van der Waals surface area contributed by atoms with Gasteiger partial charge in [0, 0.05) is 29.1 Å². The van der Waals surface area contributed by atoms with Crippen LogP contribution in [0.5, 0.6) is 0 Å². The summed E-state index contributed by atoms with van der Waals surface area (Å²) in [5.74, 6) is 0.728. The van der Waals surface area contributed by atoms with Gasteiger partial charge in [-0.3, -0.25) is 10.4 Å². The number of aromatic nitrogens is 1. The van der Waals surface area contributed by atoms with Crippen molar-refractivity contribution in [1.29, 1.82) is 0 Å². The zero-order valence-corrected chi connectivity index (χ0v) is 14.5. The van der Waals surface area contributed by atoms with E-state index in [2.05, 4.69) is 34.7 Å². The first kappa shape index (κ1) is 15.5. The highest BCUT2D eigenvalue weighted by Gasteiger charge is 2.18. The minimum absolute atomic E-state index is 0.728. The summed E-state index contributed by atoms with van der Waals surface area (Å²) in [6, 6.07) is 26.5. The number of hydrogen-bond donors (Lipinski definition) is 1. The fraction of sp³-hybridized carbons (Fsp3) is 0. The summed E-state index contributed by atoms with van der Waals surface area (Å²) < 4.78 is 0. The molecule has 1 aliphatic rings. The molecule has 1 aliphatic heterocycles. The molecule has 0 saturated heterocycles. The van der Waals surface area contributed by atoms with Gasteiger partial charge in [0.2, 0.25) is 0 Å². The Labute approximate surface area is 156 Å². The summed E-state index contributed by atoms with van der Waals surface area (Å²) in [6.45, 7) is 0. The van der Waals surface area contributed by atoms with Crippen molar-refractivity contribution < 1.29 is 0 Å². The average Bonchev–Trinajstić information content (AvgIpc) is 2.93. The van der Waals surface area contributed by atoms with Crippen LogP contribution in [0, 0.1) is 0 Å². The predicted molar refractivity (Wildman–Crippen MR) is 110 cm³/mol. The predicted octanol–water partition coefficient (Wildman–Crippen LogP) is 4.67. The first-order valence-electron chi connectivity index (χ1n) is 8.80. The van der Waals surface area contributed by atoms with Gasteiger partial charge in [0.05, 0.1) is 5.69 Å². The Morgan fingerprint density at radius 1 is 0.704 bits per heavy atom. The number of amidine groups is 1. The lowest BCUT2D eigenvalue weighted by molar-refractivity contribution is 1.03. The molecule has 4 heteroatoms. The fourth-order valence-corrected chi connectivity index (χ4v) is 3.27. The molecule has 5 rings (SSSR count). The number of pyridine rings is 1. The number of nitrogens with one attached hydrogen (secondary N) is 1. The molecule has 1 N–H and O–H groups in total. The van der Waals surface area contributed by atoms with E-state index in [1.165, 1.54) is 0 Å². The van der Waals surface area contributed by atoms with Gasteiger partial charge in [0.25, 0.3) is 0 Å². The number of fused-ring (bicyclic) bond motifs is 2. The van der Waals surface area contributed by atoms with Crippen LogP contribution >= 0.6 is 0 Å². The Bertz CT molecular complexity index is 1180. The lowest BCUT2D eigenvalue weighted by Gasteiger charge is -2.09. The van der Waals surface area contributed by atoms with E-state index in [0.29, 0.717) is 0 Å². The fourth-order valence-electron chi connectivity index (χ4n) is 3.27. The molecule has 3 aromatic carbocycles. The Kier molecular flexibility index (Phi) is 3.72. The Morgan fingerprint density at radius 3 is 2.22 bits per heavy atom. The topological polar surface area (TPSA) is 49.6 Å². The van der Waals surface area contributed by atoms with Gasteiger partial charge in [-0.1, -0.05) is 54.6 Å². The molecule has 2 heterocycles. The number of hydrogen-bond acceptors (Lipinski definition) is 4. The van der Waals surface area contributed by atoms with Crippen LogP contribution in [0.3, 0.4) is 0 Å². The van der Waals surface area contributed by atoms with E-state index in [1.54, 1.807) is 6.20 Å². The third-order valence-corrected chi connectivity index (χ3v) is 4.61. The summed E-state index contributed by atoms with van der Waals surface area (Å²) in [7, 11) is 0. The lowest BCUT2D eigenvalue weighted by Crippen LogP contribution is -2.19. The summed E-state index contributed by atoms with van der Waals surface area (Å²) in [6.07, 6.45) is 3.59. The first-order chi connectivity index (χ1) is 13.4. The van der Waals surface area contributed by atoms with Gasteiger partial charge < -0.3 is 0 Å². The van der Waals surface area contributed by atoms with E-state index in [9.17, 15) is 0 Å². The third kappa shape index (κ3) is 2.87. The van der Waals surface area contributed by atoms with E-state index in [0.717, 1.165) is 44.7 Å². The first-order valence-corrected chi connectivity index (χ1v) is 8.80. The van der Waals surface area contributed by atoms with E-state index < -0.39 is 0 Å². The van der Waals surface area contributed by atoms with Crippen molar-refractivity contribution in [2.24, 2.45) is 10.1 Å². The van der Waals surface area contributed by atoms with Crippen LogP contribution in [0.15, 0.2) is 101 Å². The van der Waals surface area contributed by atoms with Crippen molar-refractivity contribution in [3.8, 4) is 0 Å². The molecule has 0 saturated carbocycles. The van der Waals surface area contributed by atoms with E-state index in [1.807, 2.05) is 60.8 Å². The molecule has 0 amide bonds. The van der Waals surface area contributed by atoms with Crippen molar-refractivity contribution in [3.63, 3.8) is 0 Å². The standard InChI is InChI=1S/C23H16N4/c1-2-7-16(8-3-1)23-25-21-14-18-10-5-4-9-17(18)13-20(21)22(26-27-23)19-11-6-12-24-15-19/h1-15H,(H,25,27). The van der Waals surface area contributed by atoms with Crippen LogP contribution in [-0.2, 0) is 0 Å². The quantitative estimate of drug-likeness (QED) is 0.572. The van der Waals surface area contributed by atoms with Crippen molar-refractivity contribution >= 4 is 28.0 Å². The molecule has 0 unspecified atom stereocenters. The van der Waals surface area contributed by atoms with Crippen LogP contribution in [0.2, 0.25) is 0 Å². The summed E-state index contributed by atoms with van der Waals surface area (Å²) in [4.78, 5) is 9.16. The van der Waals surface area contributed by atoms with E-state index >= 15 is 0 Å². The van der Waals surface area contributed by atoms with Gasteiger partial charge in [-0.25, -0.2) is 4.99 Å². The number of benzene rings is 3. The highest BCUT2D eigenvalue weighted by molar-refractivity contribution is 6.19. The van der Waals surface area contributed by atoms with Crippen molar-refractivity contribution in [2.75, 3.05) is 0 Å². The van der Waals surface area contributed by atoms with Gasteiger partial charge in [0.1, 0.15) is 5.71 Å². The number of nitrogens with zero attached hydrogens (tertiary/aromatic N) is 3. The Hall–Kier alpha value is -3.79. The maximum Gasteiger partial charge on any atom is 0.154 e. The molecule has 0 bridgehead atoms. The molecule has 27 heavy (non-hydrogen) atoms. The minimum Gasteiger partial charge on any atom is -0.264 e. The maximum atomic E-state index is 4.91. The van der Waals surface area contributed by atoms with E-state index in [4.69, 9.17) is 10.1 Å². The summed E-state index contributed by atoms with van der Waals surface area (Å²) in [5.41, 5.74) is 7.81. The average molecular weight is 348 g/mol. The normalized spacial score (nSPS) is 13.2.